The van der Waals surface area contributed by atoms with Crippen molar-refractivity contribution in [2.24, 2.45) is 11.8 Å². The molecule has 174 valence electrons. The van der Waals surface area contributed by atoms with Crippen molar-refractivity contribution in [2.75, 3.05) is 18.4 Å². The molecule has 0 saturated carbocycles. The fourth-order valence-electron chi connectivity index (χ4n) is 4.37. The van der Waals surface area contributed by atoms with E-state index >= 15 is 0 Å². The highest BCUT2D eigenvalue weighted by Gasteiger charge is 2.31. The second-order valence-corrected chi connectivity index (χ2v) is 11.9. The third-order valence-corrected chi connectivity index (χ3v) is 8.59. The first-order chi connectivity index (χ1) is 15.6. The Bertz CT molecular complexity index is 1260. The molecular formula is C25H29N3O3S2. The predicted octanol–water partition coefficient (Wildman–Crippen LogP) is 5.35. The lowest BCUT2D eigenvalue weighted by Crippen LogP contribution is -2.42. The summed E-state index contributed by atoms with van der Waals surface area (Å²) in [5, 5.41) is 5.25. The number of hydrogen-bond donors (Lipinski definition) is 1. The van der Waals surface area contributed by atoms with E-state index in [2.05, 4.69) is 42.3 Å². The van der Waals surface area contributed by atoms with E-state index in [1.807, 2.05) is 19.2 Å². The van der Waals surface area contributed by atoms with Crippen LogP contribution in [0.2, 0.25) is 0 Å². The molecule has 1 fully saturated rings. The number of piperidine rings is 1. The third kappa shape index (κ3) is 5.18. The van der Waals surface area contributed by atoms with Gasteiger partial charge in [0.2, 0.25) is 10.0 Å². The number of nitrogens with one attached hydrogen (secondary N) is 1. The zero-order valence-corrected chi connectivity index (χ0v) is 21.0. The lowest BCUT2D eigenvalue weighted by Gasteiger charge is -2.34. The van der Waals surface area contributed by atoms with E-state index in [-0.39, 0.29) is 10.8 Å². The summed E-state index contributed by atoms with van der Waals surface area (Å²) in [7, 11) is -3.57. The van der Waals surface area contributed by atoms with Gasteiger partial charge in [0.15, 0.2) is 5.13 Å². The molecule has 1 saturated heterocycles. The van der Waals surface area contributed by atoms with Gasteiger partial charge in [-0.25, -0.2) is 13.4 Å². The number of carbonyl (C=O) groups excluding carboxylic acids is 1. The molecule has 2 aromatic carbocycles. The van der Waals surface area contributed by atoms with Gasteiger partial charge >= 0.3 is 0 Å². The van der Waals surface area contributed by atoms with Gasteiger partial charge in [0.25, 0.3) is 5.91 Å². The number of carbonyl (C=O) groups is 1. The number of rotatable bonds is 5. The number of sulfonamides is 1. The Balaban J connectivity index is 1.47. The van der Waals surface area contributed by atoms with E-state index < -0.39 is 10.0 Å². The highest BCUT2D eigenvalue weighted by Crippen LogP contribution is 2.29. The quantitative estimate of drug-likeness (QED) is 0.531. The summed E-state index contributed by atoms with van der Waals surface area (Å²) in [6.45, 7) is 9.29. The number of nitrogens with zero attached hydrogens (tertiary/aromatic N) is 2. The van der Waals surface area contributed by atoms with Crippen molar-refractivity contribution in [1.82, 2.24) is 9.29 Å². The van der Waals surface area contributed by atoms with E-state index in [1.165, 1.54) is 23.5 Å². The molecule has 2 atom stereocenters. The molecule has 0 aliphatic carbocycles. The molecule has 1 aliphatic rings. The molecule has 0 spiro atoms. The van der Waals surface area contributed by atoms with Crippen molar-refractivity contribution in [3.05, 3.63) is 64.5 Å². The summed E-state index contributed by atoms with van der Waals surface area (Å²) in [6.07, 6.45) is 1.03. The van der Waals surface area contributed by atoms with Crippen LogP contribution in [-0.2, 0) is 10.0 Å². The fraction of sp³-hybridized carbons (Fsp3) is 0.360. The Kier molecular flexibility index (Phi) is 6.70. The molecule has 0 radical (unpaired) electrons. The number of thiazole rings is 1. The maximum absolute atomic E-state index is 13.1. The van der Waals surface area contributed by atoms with Crippen molar-refractivity contribution in [3.8, 4) is 11.3 Å². The van der Waals surface area contributed by atoms with Gasteiger partial charge in [-0.2, -0.15) is 4.31 Å². The van der Waals surface area contributed by atoms with Crippen LogP contribution in [0.4, 0.5) is 5.13 Å². The SMILES string of the molecule is Cc1ccc(C)c(-c2csc(NC(=O)c3ccc(S(=O)(=O)N4C[C@H](C)C[C@H](C)C4)cc3)n2)c1. The van der Waals surface area contributed by atoms with Gasteiger partial charge in [0, 0.05) is 29.6 Å². The Morgan fingerprint density at radius 3 is 2.39 bits per heavy atom. The summed E-state index contributed by atoms with van der Waals surface area (Å²) >= 11 is 1.36. The van der Waals surface area contributed by atoms with Crippen LogP contribution in [0.3, 0.4) is 0 Å². The van der Waals surface area contributed by atoms with Crippen LogP contribution in [0.15, 0.2) is 52.7 Å². The smallest absolute Gasteiger partial charge is 0.257 e. The summed E-state index contributed by atoms with van der Waals surface area (Å²) in [5.41, 5.74) is 4.53. The topological polar surface area (TPSA) is 79.4 Å². The van der Waals surface area contributed by atoms with E-state index in [9.17, 15) is 13.2 Å². The first kappa shape index (κ1) is 23.6. The minimum absolute atomic E-state index is 0.215. The van der Waals surface area contributed by atoms with E-state index in [0.29, 0.717) is 35.6 Å². The molecule has 8 heteroatoms. The van der Waals surface area contributed by atoms with Gasteiger partial charge in [-0.1, -0.05) is 31.5 Å². The standard InChI is InChI=1S/C25H29N3O3S2/c1-16-5-6-19(4)22(12-16)23-15-32-25(26-23)27-24(29)20-7-9-21(10-8-20)33(30,31)28-13-17(2)11-18(3)14-28/h5-10,12,15,17-18H,11,13-14H2,1-4H3,(H,26,27,29)/t17-,18+. The second kappa shape index (κ2) is 9.37. The summed E-state index contributed by atoms with van der Waals surface area (Å²) in [5.74, 6) is 0.349. The number of hydrogen-bond acceptors (Lipinski definition) is 5. The van der Waals surface area contributed by atoms with Gasteiger partial charge < -0.3 is 0 Å². The first-order valence-electron chi connectivity index (χ1n) is 11.1. The predicted molar refractivity (Wildman–Crippen MR) is 133 cm³/mol. The van der Waals surface area contributed by atoms with E-state index in [4.69, 9.17) is 0 Å². The maximum atomic E-state index is 13.1. The molecule has 0 bridgehead atoms. The molecule has 0 unspecified atom stereocenters. The molecule has 6 nitrogen and oxygen atoms in total. The summed E-state index contributed by atoms with van der Waals surface area (Å²) < 4.78 is 27.7. The van der Waals surface area contributed by atoms with Crippen LogP contribution < -0.4 is 5.32 Å². The lowest BCUT2D eigenvalue weighted by molar-refractivity contribution is 0.102. The van der Waals surface area contributed by atoms with Gasteiger partial charge in [-0.3, -0.25) is 10.1 Å². The molecule has 3 aromatic rings. The van der Waals surface area contributed by atoms with Gasteiger partial charge in [0.1, 0.15) is 0 Å². The highest BCUT2D eigenvalue weighted by atomic mass is 32.2. The minimum Gasteiger partial charge on any atom is -0.298 e. The van der Waals surface area contributed by atoms with Crippen molar-refractivity contribution in [2.45, 2.75) is 39.0 Å². The summed E-state index contributed by atoms with van der Waals surface area (Å²) in [6, 6.07) is 12.3. The Labute approximate surface area is 199 Å². The van der Waals surface area contributed by atoms with Crippen LogP contribution in [0.5, 0.6) is 0 Å². The van der Waals surface area contributed by atoms with Gasteiger partial charge in [-0.15, -0.1) is 11.3 Å². The van der Waals surface area contributed by atoms with E-state index in [1.54, 1.807) is 16.4 Å². The van der Waals surface area contributed by atoms with Gasteiger partial charge in [0.05, 0.1) is 10.6 Å². The highest BCUT2D eigenvalue weighted by molar-refractivity contribution is 7.89. The van der Waals surface area contributed by atoms with Crippen molar-refractivity contribution in [1.29, 1.82) is 0 Å². The number of benzene rings is 2. The minimum atomic E-state index is -3.57. The van der Waals surface area contributed by atoms with Gasteiger partial charge in [-0.05, 0) is 68.0 Å². The Hall–Kier alpha value is -2.55. The first-order valence-corrected chi connectivity index (χ1v) is 13.4. The average Bonchev–Trinajstić information content (AvgIpc) is 3.23. The number of aromatic nitrogens is 1. The Morgan fingerprint density at radius 1 is 1.06 bits per heavy atom. The van der Waals surface area contributed by atoms with E-state index in [0.717, 1.165) is 28.8 Å². The van der Waals surface area contributed by atoms with Crippen molar-refractivity contribution < 1.29 is 13.2 Å². The second-order valence-electron chi connectivity index (χ2n) is 9.10. The third-order valence-electron chi connectivity index (χ3n) is 5.98. The number of amides is 1. The summed E-state index contributed by atoms with van der Waals surface area (Å²) in [4.78, 5) is 17.5. The largest absolute Gasteiger partial charge is 0.298 e. The van der Waals surface area contributed by atoms with Crippen LogP contribution in [0, 0.1) is 25.7 Å². The molecule has 1 aliphatic heterocycles. The molecular weight excluding hydrogens is 454 g/mol. The maximum Gasteiger partial charge on any atom is 0.257 e. The average molecular weight is 484 g/mol. The molecule has 1 N–H and O–H groups in total. The molecule has 4 rings (SSSR count). The normalized spacial score (nSPS) is 19.4. The number of aryl methyl sites for hydroxylation is 2. The molecule has 2 heterocycles. The zero-order chi connectivity index (χ0) is 23.8. The molecule has 1 aromatic heterocycles. The molecule has 1 amide bonds. The number of anilines is 1. The lowest BCUT2D eigenvalue weighted by atomic mass is 9.94. The van der Waals surface area contributed by atoms with Crippen molar-refractivity contribution >= 4 is 32.4 Å². The Morgan fingerprint density at radius 2 is 1.73 bits per heavy atom. The van der Waals surface area contributed by atoms with Crippen LogP contribution >= 0.6 is 11.3 Å². The van der Waals surface area contributed by atoms with Crippen LogP contribution in [0.25, 0.3) is 11.3 Å². The van der Waals surface area contributed by atoms with Crippen LogP contribution in [0.1, 0.15) is 41.8 Å². The van der Waals surface area contributed by atoms with Crippen LogP contribution in [-0.4, -0.2) is 36.7 Å². The monoisotopic (exact) mass is 483 g/mol. The zero-order valence-electron chi connectivity index (χ0n) is 19.3. The fourth-order valence-corrected chi connectivity index (χ4v) is 6.75. The molecule has 33 heavy (non-hydrogen) atoms. The van der Waals surface area contributed by atoms with Crippen molar-refractivity contribution in [3.63, 3.8) is 0 Å².